The highest BCUT2D eigenvalue weighted by Gasteiger charge is 2.73. The van der Waals surface area contributed by atoms with Gasteiger partial charge < -0.3 is 29.4 Å². The normalized spacial score (nSPS) is 16.0. The summed E-state index contributed by atoms with van der Waals surface area (Å²) in [5, 5.41) is 0. The first kappa shape index (κ1) is 21.4. The number of hydrogen-bond donors (Lipinski definition) is 6. The van der Waals surface area contributed by atoms with Gasteiger partial charge in [-0.05, 0) is 12.3 Å². The molecule has 0 spiro atoms. The topological polar surface area (TPSA) is 173 Å². The summed E-state index contributed by atoms with van der Waals surface area (Å²) in [6, 6.07) is 0. The molecule has 1 atom stereocenters. The maximum atomic E-state index is 11.6. The Morgan fingerprint density at radius 1 is 0.810 bits per heavy atom. The van der Waals surface area contributed by atoms with Gasteiger partial charge in [-0.2, -0.15) is 0 Å². The molecule has 9 nitrogen and oxygen atoms in total. The van der Waals surface area contributed by atoms with Crippen molar-refractivity contribution in [3.63, 3.8) is 0 Å². The van der Waals surface area contributed by atoms with E-state index in [-0.39, 0.29) is 6.42 Å². The van der Waals surface area contributed by atoms with E-state index in [9.17, 15) is 43.1 Å². The van der Waals surface area contributed by atoms with E-state index in [2.05, 4.69) is 0 Å². The van der Waals surface area contributed by atoms with Gasteiger partial charge >= 0.3 is 22.8 Å². The first-order chi connectivity index (χ1) is 9.23. The number of unbranched alkanes of at least 4 members (excludes halogenated alkanes) is 3. The summed E-state index contributed by atoms with van der Waals surface area (Å²) in [5.74, 6) is -1.54. The minimum absolute atomic E-state index is 0.110. The van der Waals surface area contributed by atoms with Gasteiger partial charge in [0.2, 0.25) is 0 Å². The summed E-state index contributed by atoms with van der Waals surface area (Å²) < 4.78 is 31.1. The zero-order valence-electron chi connectivity index (χ0n) is 11.9. The summed E-state index contributed by atoms with van der Waals surface area (Å²) in [6.07, 6.45) is 2.56. The summed E-state index contributed by atoms with van der Waals surface area (Å²) in [4.78, 5) is 55.8. The Hall–Kier alpha value is 0.450. The van der Waals surface area contributed by atoms with E-state index in [1.807, 2.05) is 6.92 Å². The van der Waals surface area contributed by atoms with Crippen molar-refractivity contribution in [1.29, 1.82) is 0 Å². The standard InChI is InChI=1S/C9H23O9P3/c1-3-4-5-6-7-8(2)9(19(10,11)12,20(13,14)15)21(16,17)18/h8H,3-7H2,1-2H3,(H2,10,11,12)(H2,13,14,15)(H2,16,17,18). The molecule has 0 radical (unpaired) electrons. The van der Waals surface area contributed by atoms with Crippen LogP contribution >= 0.6 is 22.8 Å². The van der Waals surface area contributed by atoms with Crippen LogP contribution in [-0.4, -0.2) is 34.0 Å². The Labute approximate surface area is 123 Å². The van der Waals surface area contributed by atoms with E-state index in [0.29, 0.717) is 12.8 Å². The minimum Gasteiger partial charge on any atom is -0.323 e. The van der Waals surface area contributed by atoms with Crippen molar-refractivity contribution in [1.82, 2.24) is 0 Å². The largest absolute Gasteiger partial charge is 0.356 e. The van der Waals surface area contributed by atoms with Crippen LogP contribution in [-0.2, 0) is 13.7 Å². The third kappa shape index (κ3) is 4.47. The third-order valence-corrected chi connectivity index (χ3v) is 12.0. The van der Waals surface area contributed by atoms with Crippen LogP contribution in [0.1, 0.15) is 46.0 Å². The molecule has 0 saturated heterocycles. The van der Waals surface area contributed by atoms with E-state index in [1.165, 1.54) is 0 Å². The Morgan fingerprint density at radius 3 is 1.48 bits per heavy atom. The van der Waals surface area contributed by atoms with Crippen molar-refractivity contribution in [3.05, 3.63) is 0 Å². The molecular weight excluding hydrogens is 345 g/mol. The molecule has 1 unspecified atom stereocenters. The van der Waals surface area contributed by atoms with Crippen molar-refractivity contribution in [2.45, 2.75) is 50.6 Å². The van der Waals surface area contributed by atoms with Crippen LogP contribution in [0.4, 0.5) is 0 Å². The van der Waals surface area contributed by atoms with Crippen LogP contribution in [0.25, 0.3) is 0 Å². The molecule has 0 aromatic carbocycles. The molecule has 0 bridgehead atoms. The van der Waals surface area contributed by atoms with Gasteiger partial charge in [-0.25, -0.2) is 0 Å². The monoisotopic (exact) mass is 368 g/mol. The molecule has 12 heteroatoms. The van der Waals surface area contributed by atoms with Gasteiger partial charge in [-0.1, -0.05) is 39.5 Å². The summed E-state index contributed by atoms with van der Waals surface area (Å²) >= 11 is 0. The Kier molecular flexibility index (Phi) is 7.50. The van der Waals surface area contributed by atoms with E-state index in [1.54, 1.807) is 0 Å². The van der Waals surface area contributed by atoms with Crippen molar-refractivity contribution in [2.24, 2.45) is 5.92 Å². The second-order valence-corrected chi connectivity index (χ2v) is 11.5. The lowest BCUT2D eigenvalue weighted by atomic mass is 10.0. The molecule has 0 aliphatic carbocycles. The highest BCUT2D eigenvalue weighted by molar-refractivity contribution is 7.88. The van der Waals surface area contributed by atoms with Crippen LogP contribution in [0, 0.1) is 5.92 Å². The van der Waals surface area contributed by atoms with Crippen LogP contribution in [0.5, 0.6) is 0 Å². The van der Waals surface area contributed by atoms with Gasteiger partial charge in [0.1, 0.15) is 0 Å². The zero-order chi connectivity index (χ0) is 17.1. The summed E-state index contributed by atoms with van der Waals surface area (Å²) in [5.41, 5.74) is 0. The molecule has 21 heavy (non-hydrogen) atoms. The molecule has 0 rings (SSSR count). The van der Waals surface area contributed by atoms with Gasteiger partial charge in [0, 0.05) is 0 Å². The molecule has 0 aliphatic rings. The molecule has 0 aliphatic heterocycles. The maximum Gasteiger partial charge on any atom is 0.356 e. The second kappa shape index (κ2) is 7.35. The Morgan fingerprint density at radius 2 is 1.19 bits per heavy atom. The van der Waals surface area contributed by atoms with Gasteiger partial charge in [0.15, 0.2) is 0 Å². The molecule has 0 saturated carbocycles. The average Bonchev–Trinajstić information content (AvgIpc) is 2.18. The SMILES string of the molecule is CCCCCCC(C)C(P(=O)(O)O)(P(=O)(O)O)P(=O)(O)O. The van der Waals surface area contributed by atoms with E-state index < -0.39 is 33.3 Å². The Bertz CT molecular complexity index is 418. The van der Waals surface area contributed by atoms with Gasteiger partial charge in [0.05, 0.1) is 0 Å². The molecule has 0 fully saturated rings. The van der Waals surface area contributed by atoms with E-state index >= 15 is 0 Å². The van der Waals surface area contributed by atoms with Crippen molar-refractivity contribution < 1.29 is 43.1 Å². The zero-order valence-corrected chi connectivity index (χ0v) is 14.5. The highest BCUT2D eigenvalue weighted by Crippen LogP contribution is 2.85. The molecular formula is C9H23O9P3. The second-order valence-electron chi connectivity index (χ2n) is 5.07. The molecule has 0 heterocycles. The average molecular weight is 368 g/mol. The van der Waals surface area contributed by atoms with E-state index in [0.717, 1.165) is 19.8 Å². The summed E-state index contributed by atoms with van der Waals surface area (Å²) in [7, 11) is -17.4. The number of hydrogen-bond acceptors (Lipinski definition) is 3. The lowest BCUT2D eigenvalue weighted by molar-refractivity contribution is 0.268. The molecule has 0 aromatic rings. The van der Waals surface area contributed by atoms with Crippen LogP contribution in [0.2, 0.25) is 0 Å². The quantitative estimate of drug-likeness (QED) is 0.262. The van der Waals surface area contributed by atoms with Crippen molar-refractivity contribution in [3.8, 4) is 0 Å². The minimum atomic E-state index is -5.79. The lowest BCUT2D eigenvalue weighted by Gasteiger charge is -2.39. The first-order valence-corrected chi connectivity index (χ1v) is 11.2. The fraction of sp³-hybridized carbons (Fsp3) is 1.00. The summed E-state index contributed by atoms with van der Waals surface area (Å²) in [6.45, 7) is 2.97. The fourth-order valence-electron chi connectivity index (χ4n) is 2.44. The molecule has 6 N–H and O–H groups in total. The Balaban J connectivity index is 5.78. The van der Waals surface area contributed by atoms with Crippen LogP contribution < -0.4 is 0 Å². The fourth-order valence-corrected chi connectivity index (χ4v) is 8.62. The predicted octanol–water partition coefficient (Wildman–Crippen LogP) is 1.78. The maximum absolute atomic E-state index is 11.6. The molecule has 128 valence electrons. The van der Waals surface area contributed by atoms with E-state index in [4.69, 9.17) is 0 Å². The lowest BCUT2D eigenvalue weighted by Crippen LogP contribution is -2.36. The van der Waals surface area contributed by atoms with Gasteiger partial charge in [-0.3, -0.25) is 13.7 Å². The smallest absolute Gasteiger partial charge is 0.323 e. The van der Waals surface area contributed by atoms with Gasteiger partial charge in [0.25, 0.3) is 4.64 Å². The first-order valence-electron chi connectivity index (χ1n) is 6.40. The van der Waals surface area contributed by atoms with Crippen molar-refractivity contribution >= 4 is 22.8 Å². The van der Waals surface area contributed by atoms with Gasteiger partial charge in [-0.15, -0.1) is 0 Å². The molecule has 0 amide bonds. The predicted molar refractivity (Wildman–Crippen MR) is 76.8 cm³/mol. The number of rotatable bonds is 9. The highest BCUT2D eigenvalue weighted by atomic mass is 31.3. The van der Waals surface area contributed by atoms with Crippen LogP contribution in [0.15, 0.2) is 0 Å². The van der Waals surface area contributed by atoms with Crippen LogP contribution in [0.3, 0.4) is 0 Å². The van der Waals surface area contributed by atoms with Crippen molar-refractivity contribution in [2.75, 3.05) is 0 Å². The molecule has 0 aromatic heterocycles. The third-order valence-electron chi connectivity index (χ3n) is 3.44.